The van der Waals surface area contributed by atoms with E-state index in [1.807, 2.05) is 0 Å². The molecular formula is C6H3ClN2. The molecule has 0 spiro atoms. The molecular weight excluding hydrogens is 136 g/mol. The predicted octanol–water partition coefficient (Wildman–Crippen LogP) is 1.11. The van der Waals surface area contributed by atoms with E-state index in [0.717, 1.165) is 0 Å². The molecule has 9 heavy (non-hydrogen) atoms. The van der Waals surface area contributed by atoms with Crippen molar-refractivity contribution in [3.8, 4) is 12.3 Å². The third-order valence-corrected chi connectivity index (χ3v) is 1.12. The van der Waals surface area contributed by atoms with Gasteiger partial charge < -0.3 is 0 Å². The molecule has 1 aromatic rings. The third-order valence-electron chi connectivity index (χ3n) is 0.819. The Bertz CT molecular complexity index is 251. The van der Waals surface area contributed by atoms with Gasteiger partial charge in [0, 0.05) is 6.20 Å². The number of rotatable bonds is 0. The Labute approximate surface area is 57.9 Å². The summed E-state index contributed by atoms with van der Waals surface area (Å²) in [6.07, 6.45) is 7.88. The van der Waals surface area contributed by atoms with E-state index in [1.54, 1.807) is 0 Å². The van der Waals surface area contributed by atoms with Gasteiger partial charge in [0.25, 0.3) is 0 Å². The van der Waals surface area contributed by atoms with Gasteiger partial charge in [-0.3, -0.25) is 0 Å². The van der Waals surface area contributed by atoms with Crippen LogP contribution in [0.4, 0.5) is 0 Å². The molecule has 0 N–H and O–H groups in total. The fourth-order valence-corrected chi connectivity index (χ4v) is 0.559. The second-order valence-corrected chi connectivity index (χ2v) is 1.73. The number of nitrogens with zero attached hydrogens (tertiary/aromatic N) is 2. The maximum absolute atomic E-state index is 5.53. The molecule has 0 bridgehead atoms. The fraction of sp³-hybridized carbons (Fsp3) is 0. The summed E-state index contributed by atoms with van der Waals surface area (Å²) in [4.78, 5) is 7.34. The van der Waals surface area contributed by atoms with Crippen molar-refractivity contribution in [3.63, 3.8) is 0 Å². The van der Waals surface area contributed by atoms with E-state index in [-0.39, 0.29) is 0 Å². The van der Waals surface area contributed by atoms with Crippen LogP contribution in [0.5, 0.6) is 0 Å². The van der Waals surface area contributed by atoms with Crippen LogP contribution in [-0.2, 0) is 0 Å². The summed E-state index contributed by atoms with van der Waals surface area (Å²) in [7, 11) is 0. The maximum Gasteiger partial charge on any atom is 0.148 e. The van der Waals surface area contributed by atoms with Gasteiger partial charge in [-0.2, -0.15) is 0 Å². The number of terminal acetylenes is 1. The lowest BCUT2D eigenvalue weighted by Crippen LogP contribution is -1.82. The van der Waals surface area contributed by atoms with Gasteiger partial charge in [-0.25, -0.2) is 9.97 Å². The van der Waals surface area contributed by atoms with E-state index in [9.17, 15) is 0 Å². The molecule has 3 heteroatoms. The van der Waals surface area contributed by atoms with Crippen LogP contribution in [0.3, 0.4) is 0 Å². The molecule has 0 radical (unpaired) electrons. The average molecular weight is 139 g/mol. The Kier molecular flexibility index (Phi) is 1.66. The molecule has 0 aliphatic rings. The van der Waals surface area contributed by atoms with Crippen LogP contribution in [-0.4, -0.2) is 9.97 Å². The molecule has 1 heterocycles. The van der Waals surface area contributed by atoms with Crippen LogP contribution < -0.4 is 0 Å². The van der Waals surface area contributed by atoms with Gasteiger partial charge >= 0.3 is 0 Å². The minimum Gasteiger partial charge on any atom is -0.243 e. The summed E-state index contributed by atoms with van der Waals surface area (Å²) in [6, 6.07) is 0. The lowest BCUT2D eigenvalue weighted by Gasteiger charge is -1.88. The summed E-state index contributed by atoms with van der Waals surface area (Å²) < 4.78 is 0. The quantitative estimate of drug-likeness (QED) is 0.397. The smallest absolute Gasteiger partial charge is 0.148 e. The molecule has 2 nitrogen and oxygen atoms in total. The van der Waals surface area contributed by atoms with Crippen LogP contribution in [0, 0.1) is 12.3 Å². The molecule has 0 aliphatic carbocycles. The maximum atomic E-state index is 5.53. The Morgan fingerprint density at radius 3 is 2.89 bits per heavy atom. The van der Waals surface area contributed by atoms with Gasteiger partial charge in [-0.15, -0.1) is 6.42 Å². The minimum atomic E-state index is 0.326. The van der Waals surface area contributed by atoms with E-state index < -0.39 is 0 Å². The highest BCUT2D eigenvalue weighted by Gasteiger charge is 1.93. The standard InChI is InChI=1S/C6H3ClN2/c1-2-5-3-8-4-9-6(5)7/h1,3-4H. The monoisotopic (exact) mass is 138 g/mol. The first-order valence-corrected chi connectivity index (χ1v) is 2.64. The Balaban J connectivity index is 3.20. The molecule has 44 valence electrons. The number of aromatic nitrogens is 2. The van der Waals surface area contributed by atoms with Crippen LogP contribution in [0.1, 0.15) is 5.56 Å². The zero-order valence-electron chi connectivity index (χ0n) is 4.50. The van der Waals surface area contributed by atoms with E-state index in [1.165, 1.54) is 12.5 Å². The van der Waals surface area contributed by atoms with Gasteiger partial charge in [0.1, 0.15) is 11.5 Å². The predicted molar refractivity (Wildman–Crippen MR) is 35.0 cm³/mol. The van der Waals surface area contributed by atoms with Crippen molar-refractivity contribution in [2.24, 2.45) is 0 Å². The molecule has 0 atom stereocenters. The van der Waals surface area contributed by atoms with Crippen molar-refractivity contribution >= 4 is 11.6 Å². The second kappa shape index (κ2) is 2.47. The first-order chi connectivity index (χ1) is 4.34. The third kappa shape index (κ3) is 1.18. The van der Waals surface area contributed by atoms with Crippen LogP contribution in [0.2, 0.25) is 5.15 Å². The molecule has 0 aromatic carbocycles. The van der Waals surface area contributed by atoms with Crippen molar-refractivity contribution in [1.29, 1.82) is 0 Å². The number of halogens is 1. The summed E-state index contributed by atoms with van der Waals surface area (Å²) in [5.41, 5.74) is 0.527. The van der Waals surface area contributed by atoms with Gasteiger partial charge in [-0.1, -0.05) is 17.5 Å². The zero-order valence-corrected chi connectivity index (χ0v) is 5.26. The molecule has 1 rings (SSSR count). The second-order valence-electron chi connectivity index (χ2n) is 1.37. The largest absolute Gasteiger partial charge is 0.243 e. The van der Waals surface area contributed by atoms with Gasteiger partial charge in [-0.05, 0) is 0 Å². The van der Waals surface area contributed by atoms with Crippen molar-refractivity contribution < 1.29 is 0 Å². The fourth-order valence-electron chi connectivity index (χ4n) is 0.412. The molecule has 0 saturated carbocycles. The van der Waals surface area contributed by atoms with Crippen LogP contribution >= 0.6 is 11.6 Å². The highest BCUT2D eigenvalue weighted by atomic mass is 35.5. The summed E-state index contributed by atoms with van der Waals surface area (Å²) >= 11 is 5.53. The topological polar surface area (TPSA) is 25.8 Å². The highest BCUT2D eigenvalue weighted by Crippen LogP contribution is 2.06. The lowest BCUT2D eigenvalue weighted by molar-refractivity contribution is 1.16. The van der Waals surface area contributed by atoms with Crippen molar-refractivity contribution in [2.75, 3.05) is 0 Å². The van der Waals surface area contributed by atoms with E-state index in [4.69, 9.17) is 18.0 Å². The van der Waals surface area contributed by atoms with Crippen LogP contribution in [0.25, 0.3) is 0 Å². The molecule has 0 unspecified atom stereocenters. The average Bonchev–Trinajstić information content (AvgIpc) is 1.89. The Morgan fingerprint density at radius 1 is 1.67 bits per heavy atom. The summed E-state index contributed by atoms with van der Waals surface area (Å²) in [5, 5.41) is 0.326. The Hall–Kier alpha value is -1.07. The van der Waals surface area contributed by atoms with Gasteiger partial charge in [0.2, 0.25) is 0 Å². The first kappa shape index (κ1) is 6.06. The molecule has 0 aliphatic heterocycles. The number of hydrogen-bond donors (Lipinski definition) is 0. The van der Waals surface area contributed by atoms with E-state index >= 15 is 0 Å². The summed E-state index contributed by atoms with van der Waals surface area (Å²) in [6.45, 7) is 0. The molecule has 0 amide bonds. The van der Waals surface area contributed by atoms with Gasteiger partial charge in [0.15, 0.2) is 0 Å². The minimum absolute atomic E-state index is 0.326. The van der Waals surface area contributed by atoms with E-state index in [0.29, 0.717) is 10.7 Å². The highest BCUT2D eigenvalue weighted by molar-refractivity contribution is 6.30. The summed E-state index contributed by atoms with van der Waals surface area (Å²) in [5.74, 6) is 2.34. The van der Waals surface area contributed by atoms with Crippen molar-refractivity contribution in [1.82, 2.24) is 9.97 Å². The Morgan fingerprint density at radius 2 is 2.44 bits per heavy atom. The van der Waals surface area contributed by atoms with Crippen molar-refractivity contribution in [3.05, 3.63) is 23.2 Å². The number of hydrogen-bond acceptors (Lipinski definition) is 2. The lowest BCUT2D eigenvalue weighted by atomic mass is 10.4. The molecule has 0 fully saturated rings. The van der Waals surface area contributed by atoms with Crippen LogP contribution in [0.15, 0.2) is 12.5 Å². The van der Waals surface area contributed by atoms with E-state index in [2.05, 4.69) is 15.9 Å². The molecule has 1 aromatic heterocycles. The SMILES string of the molecule is C#Cc1cncnc1Cl. The first-order valence-electron chi connectivity index (χ1n) is 2.26. The molecule has 0 saturated heterocycles. The van der Waals surface area contributed by atoms with Crippen molar-refractivity contribution in [2.45, 2.75) is 0 Å². The normalized spacial score (nSPS) is 8.44. The zero-order chi connectivity index (χ0) is 6.69. The van der Waals surface area contributed by atoms with Gasteiger partial charge in [0.05, 0.1) is 5.56 Å².